The van der Waals surface area contributed by atoms with Gasteiger partial charge < -0.3 is 4.90 Å². The molecule has 2 heterocycles. The van der Waals surface area contributed by atoms with Gasteiger partial charge in [0.15, 0.2) is 0 Å². The molecule has 0 aromatic carbocycles. The van der Waals surface area contributed by atoms with Crippen molar-refractivity contribution >= 4 is 21.4 Å². The van der Waals surface area contributed by atoms with Crippen LogP contribution in [0.15, 0.2) is 35.5 Å². The molecule has 0 amide bonds. The molecule has 0 aliphatic rings. The molecule has 0 N–H and O–H groups in total. The number of aromatic nitrogens is 1. The molecule has 0 fully saturated rings. The molecule has 5 nitrogen and oxygen atoms in total. The summed E-state index contributed by atoms with van der Waals surface area (Å²) >= 11 is 1.52. The van der Waals surface area contributed by atoms with E-state index in [2.05, 4.69) is 4.98 Å². The highest BCUT2D eigenvalue weighted by molar-refractivity contribution is 7.89. The largest absolute Gasteiger partial charge is 0.308 e. The van der Waals surface area contributed by atoms with E-state index in [1.54, 1.807) is 22.8 Å². The molecule has 2 aromatic heterocycles. The van der Waals surface area contributed by atoms with Gasteiger partial charge in [-0.15, -0.1) is 11.3 Å². The van der Waals surface area contributed by atoms with E-state index < -0.39 is 10.0 Å². The smallest absolute Gasteiger partial charge is 0.244 e. The number of hydrogen-bond acceptors (Lipinski definition) is 5. The Morgan fingerprint density at radius 3 is 2.48 bits per heavy atom. The summed E-state index contributed by atoms with van der Waals surface area (Å²) in [5.74, 6) is 0. The summed E-state index contributed by atoms with van der Waals surface area (Å²) in [5, 5.41) is 0. The molecular weight excluding hydrogens is 330 g/mol. The van der Waals surface area contributed by atoms with Gasteiger partial charge in [0, 0.05) is 41.8 Å². The lowest BCUT2D eigenvalue weighted by Crippen LogP contribution is -2.36. The Hall–Kier alpha value is -1.28. The topological polar surface area (TPSA) is 53.5 Å². The summed E-state index contributed by atoms with van der Waals surface area (Å²) < 4.78 is 27.7. The molecule has 0 aliphatic heterocycles. The number of aryl methyl sites for hydroxylation is 2. The van der Waals surface area contributed by atoms with Gasteiger partial charge in [0.05, 0.1) is 4.90 Å². The average molecular weight is 354 g/mol. The van der Waals surface area contributed by atoms with Crippen molar-refractivity contribution in [3.63, 3.8) is 0 Å². The van der Waals surface area contributed by atoms with Gasteiger partial charge in [0.2, 0.25) is 10.0 Å². The second-order valence-corrected chi connectivity index (χ2v) is 9.15. The van der Waals surface area contributed by atoms with Gasteiger partial charge >= 0.3 is 0 Å². The summed E-state index contributed by atoms with van der Waals surface area (Å²) in [6.45, 7) is 5.24. The fourth-order valence-electron chi connectivity index (χ4n) is 2.29. The maximum atomic E-state index is 13.1. The number of nitrogens with zero attached hydrogens (tertiary/aromatic N) is 3. The van der Waals surface area contributed by atoms with Crippen LogP contribution in [0.1, 0.15) is 15.3 Å². The van der Waals surface area contributed by atoms with Crippen LogP contribution in [0.5, 0.6) is 0 Å². The van der Waals surface area contributed by atoms with Crippen molar-refractivity contribution in [2.75, 3.05) is 27.2 Å². The van der Waals surface area contributed by atoms with Gasteiger partial charge in [0.25, 0.3) is 0 Å². The minimum atomic E-state index is -3.52. The standard InChI is InChI=1S/C16H23N3O2S2/c1-13-10-16(14(2)22-13)23(20,21)19(9-8-18(3)4)12-15-6-5-7-17-11-15/h5-7,10-11H,8-9,12H2,1-4H3. The van der Waals surface area contributed by atoms with Crippen LogP contribution in [-0.2, 0) is 16.6 Å². The minimum Gasteiger partial charge on any atom is -0.308 e. The Kier molecular flexibility index (Phi) is 5.91. The number of pyridine rings is 1. The predicted molar refractivity (Wildman–Crippen MR) is 94.2 cm³/mol. The Balaban J connectivity index is 2.33. The molecule has 2 rings (SSSR count). The zero-order valence-electron chi connectivity index (χ0n) is 14.0. The molecule has 7 heteroatoms. The maximum absolute atomic E-state index is 13.1. The highest BCUT2D eigenvalue weighted by atomic mass is 32.2. The third-order valence-electron chi connectivity index (χ3n) is 3.49. The fraction of sp³-hybridized carbons (Fsp3) is 0.438. The maximum Gasteiger partial charge on any atom is 0.244 e. The lowest BCUT2D eigenvalue weighted by molar-refractivity contribution is 0.329. The first kappa shape index (κ1) is 18.1. The SMILES string of the molecule is Cc1cc(S(=O)(=O)N(CCN(C)C)Cc2cccnc2)c(C)s1. The van der Waals surface area contributed by atoms with Gasteiger partial charge in [0.1, 0.15) is 0 Å². The van der Waals surface area contributed by atoms with Crippen LogP contribution in [0.4, 0.5) is 0 Å². The normalized spacial score (nSPS) is 12.3. The average Bonchev–Trinajstić information content (AvgIpc) is 2.83. The molecule has 0 unspecified atom stereocenters. The second kappa shape index (κ2) is 7.53. The Labute approximate surface area is 142 Å². The third-order valence-corrected chi connectivity index (χ3v) is 6.56. The van der Waals surface area contributed by atoms with Crippen LogP contribution in [0.2, 0.25) is 0 Å². The van der Waals surface area contributed by atoms with Crippen molar-refractivity contribution in [3.8, 4) is 0 Å². The number of hydrogen-bond donors (Lipinski definition) is 0. The van der Waals surface area contributed by atoms with E-state index in [9.17, 15) is 8.42 Å². The van der Waals surface area contributed by atoms with E-state index in [0.717, 1.165) is 15.3 Å². The van der Waals surface area contributed by atoms with E-state index in [-0.39, 0.29) is 0 Å². The Bertz CT molecular complexity index is 740. The third kappa shape index (κ3) is 4.60. The molecule has 0 bridgehead atoms. The molecule has 126 valence electrons. The predicted octanol–water partition coefficient (Wildman–Crippen LogP) is 2.51. The monoisotopic (exact) mass is 353 g/mol. The number of thiophene rings is 1. The van der Waals surface area contributed by atoms with Crippen LogP contribution in [0, 0.1) is 13.8 Å². The van der Waals surface area contributed by atoms with Crippen molar-refractivity contribution < 1.29 is 8.42 Å². The minimum absolute atomic E-state index is 0.332. The summed E-state index contributed by atoms with van der Waals surface area (Å²) in [4.78, 5) is 8.33. The van der Waals surface area contributed by atoms with Crippen LogP contribution in [-0.4, -0.2) is 49.8 Å². The highest BCUT2D eigenvalue weighted by Crippen LogP contribution is 2.28. The molecule has 0 saturated carbocycles. The fourth-order valence-corrected chi connectivity index (χ4v) is 5.24. The van der Waals surface area contributed by atoms with Gasteiger partial charge in [-0.25, -0.2) is 8.42 Å². The van der Waals surface area contributed by atoms with Gasteiger partial charge in [-0.3, -0.25) is 4.98 Å². The molecule has 0 spiro atoms. The van der Waals surface area contributed by atoms with Crippen molar-refractivity contribution in [2.45, 2.75) is 25.3 Å². The van der Waals surface area contributed by atoms with E-state index in [1.807, 2.05) is 45.0 Å². The van der Waals surface area contributed by atoms with Crippen LogP contribution >= 0.6 is 11.3 Å². The van der Waals surface area contributed by atoms with Crippen LogP contribution < -0.4 is 0 Å². The van der Waals surface area contributed by atoms with E-state index >= 15 is 0 Å². The van der Waals surface area contributed by atoms with Gasteiger partial charge in [-0.2, -0.15) is 4.31 Å². The first-order chi connectivity index (χ1) is 10.8. The zero-order valence-corrected chi connectivity index (χ0v) is 15.6. The van der Waals surface area contributed by atoms with Crippen molar-refractivity contribution in [2.24, 2.45) is 0 Å². The quantitative estimate of drug-likeness (QED) is 0.767. The molecule has 2 aromatic rings. The van der Waals surface area contributed by atoms with E-state index in [1.165, 1.54) is 11.3 Å². The number of likely N-dealkylation sites (N-methyl/N-ethyl adjacent to an activating group) is 1. The molecule has 0 saturated heterocycles. The summed E-state index contributed by atoms with van der Waals surface area (Å²) in [5.41, 5.74) is 0.888. The lowest BCUT2D eigenvalue weighted by Gasteiger charge is -2.23. The second-order valence-electron chi connectivity index (χ2n) is 5.78. The highest BCUT2D eigenvalue weighted by Gasteiger charge is 2.27. The lowest BCUT2D eigenvalue weighted by atomic mass is 10.3. The number of rotatable bonds is 7. The molecule has 0 aliphatic carbocycles. The van der Waals surface area contributed by atoms with E-state index in [4.69, 9.17) is 0 Å². The molecular formula is C16H23N3O2S2. The first-order valence-corrected chi connectivity index (χ1v) is 9.67. The van der Waals surface area contributed by atoms with Gasteiger partial charge in [-0.05, 0) is 45.6 Å². The molecule has 23 heavy (non-hydrogen) atoms. The Morgan fingerprint density at radius 2 is 1.96 bits per heavy atom. The van der Waals surface area contributed by atoms with Crippen LogP contribution in [0.25, 0.3) is 0 Å². The Morgan fingerprint density at radius 1 is 1.22 bits per heavy atom. The number of sulfonamides is 1. The zero-order chi connectivity index (χ0) is 17.0. The van der Waals surface area contributed by atoms with Crippen molar-refractivity contribution in [1.82, 2.24) is 14.2 Å². The van der Waals surface area contributed by atoms with Crippen molar-refractivity contribution in [1.29, 1.82) is 0 Å². The summed E-state index contributed by atoms with van der Waals surface area (Å²) in [7, 11) is 0.363. The van der Waals surface area contributed by atoms with Gasteiger partial charge in [-0.1, -0.05) is 6.07 Å². The van der Waals surface area contributed by atoms with Crippen molar-refractivity contribution in [3.05, 3.63) is 45.9 Å². The molecule has 0 radical (unpaired) electrons. The van der Waals surface area contributed by atoms with E-state index in [0.29, 0.717) is 24.5 Å². The molecule has 0 atom stereocenters. The first-order valence-electron chi connectivity index (χ1n) is 7.41. The summed E-state index contributed by atoms with van der Waals surface area (Å²) in [6.07, 6.45) is 3.40. The summed E-state index contributed by atoms with van der Waals surface area (Å²) in [6, 6.07) is 5.49. The van der Waals surface area contributed by atoms with Crippen LogP contribution in [0.3, 0.4) is 0 Å².